The third-order valence-corrected chi connectivity index (χ3v) is 1.20. The van der Waals surface area contributed by atoms with Crippen LogP contribution in [0.25, 0.3) is 0 Å². The van der Waals surface area contributed by atoms with Gasteiger partial charge in [-0.05, 0) is 25.7 Å². The van der Waals surface area contributed by atoms with E-state index in [2.05, 4.69) is 20.8 Å². The van der Waals surface area contributed by atoms with Crippen LogP contribution in [-0.4, -0.2) is 6.04 Å². The van der Waals surface area contributed by atoms with Gasteiger partial charge in [0.15, 0.2) is 0 Å². The highest BCUT2D eigenvalue weighted by molar-refractivity contribution is 4.54. The Morgan fingerprint density at radius 3 is 1.50 bits per heavy atom. The predicted molar refractivity (Wildman–Crippen MR) is 49.1 cm³/mol. The monoisotopic (exact) mass is 145 g/mol. The minimum absolute atomic E-state index is 0.386. The molecular formula is C9H23N. The van der Waals surface area contributed by atoms with Crippen LogP contribution in [0.4, 0.5) is 0 Å². The summed E-state index contributed by atoms with van der Waals surface area (Å²) in [4.78, 5) is 0. The first kappa shape index (κ1) is 12.6. The van der Waals surface area contributed by atoms with Crippen LogP contribution in [0.3, 0.4) is 0 Å². The van der Waals surface area contributed by atoms with Crippen molar-refractivity contribution in [2.45, 2.75) is 53.5 Å². The summed E-state index contributed by atoms with van der Waals surface area (Å²) >= 11 is 0. The molecule has 0 aliphatic carbocycles. The van der Waals surface area contributed by atoms with E-state index in [-0.39, 0.29) is 0 Å². The van der Waals surface area contributed by atoms with E-state index < -0.39 is 0 Å². The van der Waals surface area contributed by atoms with Crippen molar-refractivity contribution in [1.29, 1.82) is 0 Å². The topological polar surface area (TPSA) is 26.0 Å². The molecule has 0 aromatic carbocycles. The Morgan fingerprint density at radius 1 is 1.00 bits per heavy atom. The molecule has 0 saturated heterocycles. The molecule has 0 bridgehead atoms. The second-order valence-corrected chi connectivity index (χ2v) is 2.95. The second kappa shape index (κ2) is 8.96. The third-order valence-electron chi connectivity index (χ3n) is 1.20. The van der Waals surface area contributed by atoms with Crippen LogP contribution < -0.4 is 5.73 Å². The van der Waals surface area contributed by atoms with E-state index in [1.807, 2.05) is 13.8 Å². The average Bonchev–Trinajstić information content (AvgIpc) is 1.89. The van der Waals surface area contributed by atoms with E-state index in [0.717, 1.165) is 12.3 Å². The number of hydrogen-bond acceptors (Lipinski definition) is 1. The standard InChI is InChI=1S/C7H17N.C2H6/c1-6(2)4-5-7(3)8;1-2/h6-7H,4-5,8H2,1-3H3;1-2H3. The molecule has 0 rings (SSSR count). The van der Waals surface area contributed by atoms with Crippen LogP contribution in [0.2, 0.25) is 0 Å². The van der Waals surface area contributed by atoms with Crippen molar-refractivity contribution in [2.75, 3.05) is 0 Å². The van der Waals surface area contributed by atoms with Crippen LogP contribution in [0.15, 0.2) is 0 Å². The van der Waals surface area contributed by atoms with Gasteiger partial charge in [-0.15, -0.1) is 0 Å². The van der Waals surface area contributed by atoms with Crippen molar-refractivity contribution in [2.24, 2.45) is 11.7 Å². The smallest absolute Gasteiger partial charge is 0.00105 e. The molecule has 1 atom stereocenters. The Bertz CT molecular complexity index is 40.7. The lowest BCUT2D eigenvalue weighted by molar-refractivity contribution is 0.514. The molecule has 1 unspecified atom stereocenters. The van der Waals surface area contributed by atoms with Crippen molar-refractivity contribution in [1.82, 2.24) is 0 Å². The van der Waals surface area contributed by atoms with Gasteiger partial charge in [0, 0.05) is 6.04 Å². The predicted octanol–water partition coefficient (Wildman–Crippen LogP) is 2.80. The van der Waals surface area contributed by atoms with Crippen molar-refractivity contribution in [3.8, 4) is 0 Å². The van der Waals surface area contributed by atoms with E-state index in [1.54, 1.807) is 0 Å². The average molecular weight is 145 g/mol. The molecule has 2 N–H and O–H groups in total. The Hall–Kier alpha value is -0.0400. The van der Waals surface area contributed by atoms with Gasteiger partial charge in [-0.25, -0.2) is 0 Å². The van der Waals surface area contributed by atoms with Gasteiger partial charge in [0.25, 0.3) is 0 Å². The van der Waals surface area contributed by atoms with Crippen molar-refractivity contribution in [3.05, 3.63) is 0 Å². The summed E-state index contributed by atoms with van der Waals surface area (Å²) in [6.45, 7) is 10.5. The maximum absolute atomic E-state index is 5.54. The SMILES string of the molecule is CC.CC(C)CCC(C)N. The Kier molecular flexibility index (Phi) is 11.3. The summed E-state index contributed by atoms with van der Waals surface area (Å²) in [5, 5.41) is 0. The molecule has 0 aromatic heterocycles. The highest BCUT2D eigenvalue weighted by Gasteiger charge is 1.95. The lowest BCUT2D eigenvalue weighted by atomic mass is 10.1. The highest BCUT2D eigenvalue weighted by Crippen LogP contribution is 2.04. The third kappa shape index (κ3) is 15.7. The Labute approximate surface area is 66.0 Å². The van der Waals surface area contributed by atoms with Crippen molar-refractivity contribution < 1.29 is 0 Å². The normalized spacial score (nSPS) is 12.3. The molecule has 0 radical (unpaired) electrons. The summed E-state index contributed by atoms with van der Waals surface area (Å²) in [5.41, 5.74) is 5.54. The van der Waals surface area contributed by atoms with E-state index >= 15 is 0 Å². The molecular weight excluding hydrogens is 122 g/mol. The number of hydrogen-bond donors (Lipinski definition) is 1. The fourth-order valence-corrected chi connectivity index (χ4v) is 0.596. The fourth-order valence-electron chi connectivity index (χ4n) is 0.596. The lowest BCUT2D eigenvalue weighted by Gasteiger charge is -2.05. The van der Waals surface area contributed by atoms with Gasteiger partial charge in [-0.3, -0.25) is 0 Å². The van der Waals surface area contributed by atoms with Gasteiger partial charge in [-0.2, -0.15) is 0 Å². The first-order chi connectivity index (χ1) is 4.63. The van der Waals surface area contributed by atoms with Gasteiger partial charge < -0.3 is 5.73 Å². The van der Waals surface area contributed by atoms with Gasteiger partial charge in [0.05, 0.1) is 0 Å². The zero-order valence-corrected chi connectivity index (χ0v) is 8.15. The van der Waals surface area contributed by atoms with Gasteiger partial charge in [0.1, 0.15) is 0 Å². The number of nitrogens with two attached hydrogens (primary N) is 1. The summed E-state index contributed by atoms with van der Waals surface area (Å²) in [7, 11) is 0. The molecule has 64 valence electrons. The minimum Gasteiger partial charge on any atom is -0.328 e. The summed E-state index contributed by atoms with van der Waals surface area (Å²) in [5.74, 6) is 0.806. The molecule has 0 aromatic rings. The molecule has 0 spiro atoms. The zero-order chi connectivity index (χ0) is 8.57. The van der Waals surface area contributed by atoms with Gasteiger partial charge in [-0.1, -0.05) is 27.7 Å². The van der Waals surface area contributed by atoms with Crippen LogP contribution in [-0.2, 0) is 0 Å². The van der Waals surface area contributed by atoms with Crippen LogP contribution in [0.1, 0.15) is 47.5 Å². The molecule has 1 nitrogen and oxygen atoms in total. The minimum atomic E-state index is 0.386. The first-order valence-electron chi connectivity index (χ1n) is 4.38. The molecule has 0 heterocycles. The van der Waals surface area contributed by atoms with Crippen molar-refractivity contribution in [3.63, 3.8) is 0 Å². The molecule has 0 fully saturated rings. The molecule has 0 aliphatic rings. The summed E-state index contributed by atoms with van der Waals surface area (Å²) in [6.07, 6.45) is 2.43. The van der Waals surface area contributed by atoms with Crippen molar-refractivity contribution >= 4 is 0 Å². The molecule has 1 heteroatoms. The van der Waals surface area contributed by atoms with E-state index in [9.17, 15) is 0 Å². The summed E-state index contributed by atoms with van der Waals surface area (Å²) in [6, 6.07) is 0.386. The van der Waals surface area contributed by atoms with Gasteiger partial charge >= 0.3 is 0 Å². The lowest BCUT2D eigenvalue weighted by Crippen LogP contribution is -2.14. The molecule has 10 heavy (non-hydrogen) atoms. The first-order valence-corrected chi connectivity index (χ1v) is 4.38. The largest absolute Gasteiger partial charge is 0.328 e. The molecule has 0 aliphatic heterocycles. The van der Waals surface area contributed by atoms with E-state index in [1.165, 1.54) is 6.42 Å². The Balaban J connectivity index is 0. The quantitative estimate of drug-likeness (QED) is 0.649. The zero-order valence-electron chi connectivity index (χ0n) is 8.15. The van der Waals surface area contributed by atoms with Crippen LogP contribution in [0.5, 0.6) is 0 Å². The Morgan fingerprint density at radius 2 is 1.40 bits per heavy atom. The molecule has 0 saturated carbocycles. The second-order valence-electron chi connectivity index (χ2n) is 2.95. The summed E-state index contributed by atoms with van der Waals surface area (Å²) < 4.78 is 0. The fraction of sp³-hybridized carbons (Fsp3) is 1.00. The maximum atomic E-state index is 5.54. The molecule has 0 amide bonds. The van der Waals surface area contributed by atoms with Crippen LogP contribution in [0, 0.1) is 5.92 Å². The number of rotatable bonds is 3. The highest BCUT2D eigenvalue weighted by atomic mass is 14.6. The van der Waals surface area contributed by atoms with Crippen LogP contribution >= 0.6 is 0 Å². The maximum Gasteiger partial charge on any atom is 0.00105 e. The van der Waals surface area contributed by atoms with Gasteiger partial charge in [0.2, 0.25) is 0 Å². The van der Waals surface area contributed by atoms with E-state index in [4.69, 9.17) is 5.73 Å². The van der Waals surface area contributed by atoms with E-state index in [0.29, 0.717) is 6.04 Å².